The number of benzene rings is 1. The van der Waals surface area contributed by atoms with E-state index in [-0.39, 0.29) is 5.69 Å². The lowest BCUT2D eigenvalue weighted by molar-refractivity contribution is -0.384. The molecule has 2 saturated heterocycles. The van der Waals surface area contributed by atoms with Gasteiger partial charge in [-0.25, -0.2) is 0 Å². The highest BCUT2D eigenvalue weighted by atomic mass is 16.6. The zero-order chi connectivity index (χ0) is 14.8. The third kappa shape index (κ3) is 2.76. The van der Waals surface area contributed by atoms with Crippen molar-refractivity contribution < 1.29 is 9.72 Å². The number of aldehydes is 1. The Morgan fingerprint density at radius 1 is 1.24 bits per heavy atom. The van der Waals surface area contributed by atoms with Crippen LogP contribution in [-0.2, 0) is 0 Å². The minimum atomic E-state index is -0.464. The predicted molar refractivity (Wildman–Crippen MR) is 79.9 cm³/mol. The second-order valence-electron chi connectivity index (χ2n) is 5.75. The summed E-state index contributed by atoms with van der Waals surface area (Å²) in [7, 11) is 0. The number of carbonyl (C=O) groups is 1. The molecule has 1 aromatic carbocycles. The van der Waals surface area contributed by atoms with Crippen LogP contribution in [0, 0.1) is 10.1 Å². The molecule has 112 valence electrons. The number of nitro groups is 1. The Morgan fingerprint density at radius 3 is 2.67 bits per heavy atom. The molecule has 0 spiro atoms. The number of likely N-dealkylation sites (tertiary alicyclic amines) is 1. The van der Waals surface area contributed by atoms with Gasteiger partial charge in [-0.15, -0.1) is 0 Å². The van der Waals surface area contributed by atoms with Gasteiger partial charge in [-0.05, 0) is 38.4 Å². The molecule has 0 radical (unpaired) electrons. The number of carbonyl (C=O) groups excluding carboxylic acids is 1. The van der Waals surface area contributed by atoms with Gasteiger partial charge in [0, 0.05) is 42.5 Å². The fourth-order valence-corrected chi connectivity index (χ4v) is 3.40. The van der Waals surface area contributed by atoms with E-state index in [4.69, 9.17) is 0 Å². The second kappa shape index (κ2) is 5.81. The van der Waals surface area contributed by atoms with Crippen LogP contribution in [0.2, 0.25) is 0 Å². The van der Waals surface area contributed by atoms with Crippen molar-refractivity contribution in [2.24, 2.45) is 0 Å². The van der Waals surface area contributed by atoms with Crippen LogP contribution in [0.15, 0.2) is 18.2 Å². The van der Waals surface area contributed by atoms with Crippen molar-refractivity contribution in [3.8, 4) is 0 Å². The molecule has 0 aliphatic carbocycles. The molecule has 2 heterocycles. The highest BCUT2D eigenvalue weighted by Gasteiger charge is 2.30. The van der Waals surface area contributed by atoms with E-state index in [1.54, 1.807) is 6.07 Å². The normalized spacial score (nSPS) is 22.7. The smallest absolute Gasteiger partial charge is 0.270 e. The van der Waals surface area contributed by atoms with Crippen LogP contribution >= 0.6 is 0 Å². The fourth-order valence-electron chi connectivity index (χ4n) is 3.40. The molecular weight excluding hydrogens is 270 g/mol. The van der Waals surface area contributed by atoms with Gasteiger partial charge in [0.25, 0.3) is 5.69 Å². The van der Waals surface area contributed by atoms with E-state index >= 15 is 0 Å². The topological polar surface area (TPSA) is 66.7 Å². The molecule has 0 amide bonds. The zero-order valence-electron chi connectivity index (χ0n) is 11.9. The summed E-state index contributed by atoms with van der Waals surface area (Å²) in [6, 6.07) is 5.09. The molecule has 0 bridgehead atoms. The highest BCUT2D eigenvalue weighted by Crippen LogP contribution is 2.29. The summed E-state index contributed by atoms with van der Waals surface area (Å²) < 4.78 is 0. The van der Waals surface area contributed by atoms with Crippen LogP contribution in [0.1, 0.15) is 29.6 Å². The minimum Gasteiger partial charge on any atom is -0.369 e. The number of hydrogen-bond donors (Lipinski definition) is 0. The summed E-state index contributed by atoms with van der Waals surface area (Å²) in [5.41, 5.74) is 1.19. The molecule has 2 aliphatic heterocycles. The second-order valence-corrected chi connectivity index (χ2v) is 5.75. The molecule has 1 atom stereocenters. The SMILES string of the molecule is O=Cc1cc([N+](=O)[O-])ccc1N1CCC(N2CCCC2)C1. The monoisotopic (exact) mass is 289 g/mol. The van der Waals surface area contributed by atoms with Crippen LogP contribution in [0.25, 0.3) is 0 Å². The molecule has 0 N–H and O–H groups in total. The van der Waals surface area contributed by atoms with Crippen LogP contribution in [0.5, 0.6) is 0 Å². The number of non-ortho nitro benzene ring substituents is 1. The molecule has 3 rings (SSSR count). The van der Waals surface area contributed by atoms with Gasteiger partial charge < -0.3 is 4.90 Å². The molecule has 0 saturated carbocycles. The van der Waals surface area contributed by atoms with Gasteiger partial charge in [-0.3, -0.25) is 19.8 Å². The van der Waals surface area contributed by atoms with Gasteiger partial charge in [-0.1, -0.05) is 0 Å². The predicted octanol–water partition coefficient (Wildman–Crippen LogP) is 2.08. The van der Waals surface area contributed by atoms with E-state index in [9.17, 15) is 14.9 Å². The Labute approximate surface area is 123 Å². The van der Waals surface area contributed by atoms with Gasteiger partial charge in [-0.2, -0.15) is 0 Å². The quantitative estimate of drug-likeness (QED) is 0.482. The van der Waals surface area contributed by atoms with Crippen LogP contribution < -0.4 is 4.90 Å². The van der Waals surface area contributed by atoms with Gasteiger partial charge in [0.1, 0.15) is 0 Å². The average molecular weight is 289 g/mol. The first kappa shape index (κ1) is 14.0. The first-order valence-electron chi connectivity index (χ1n) is 7.41. The fraction of sp³-hybridized carbons (Fsp3) is 0.533. The molecule has 21 heavy (non-hydrogen) atoms. The first-order valence-corrected chi connectivity index (χ1v) is 7.41. The largest absolute Gasteiger partial charge is 0.369 e. The lowest BCUT2D eigenvalue weighted by Gasteiger charge is -2.25. The summed E-state index contributed by atoms with van der Waals surface area (Å²) >= 11 is 0. The number of anilines is 1. The van der Waals surface area contributed by atoms with E-state index < -0.39 is 4.92 Å². The van der Waals surface area contributed by atoms with E-state index in [0.29, 0.717) is 17.9 Å². The Hall–Kier alpha value is -1.95. The van der Waals surface area contributed by atoms with Crippen molar-refractivity contribution in [1.29, 1.82) is 0 Å². The molecule has 6 nitrogen and oxygen atoms in total. The van der Waals surface area contributed by atoms with Gasteiger partial charge >= 0.3 is 0 Å². The summed E-state index contributed by atoms with van der Waals surface area (Å²) in [5, 5.41) is 10.8. The van der Waals surface area contributed by atoms with Crippen LogP contribution in [0.3, 0.4) is 0 Å². The van der Waals surface area contributed by atoms with E-state index in [1.807, 2.05) is 0 Å². The lowest BCUT2D eigenvalue weighted by Crippen LogP contribution is -2.35. The maximum absolute atomic E-state index is 11.2. The molecule has 1 unspecified atom stereocenters. The molecule has 6 heteroatoms. The Kier molecular flexibility index (Phi) is 3.88. The third-order valence-electron chi connectivity index (χ3n) is 4.51. The molecule has 2 aliphatic rings. The number of hydrogen-bond acceptors (Lipinski definition) is 5. The summed E-state index contributed by atoms with van der Waals surface area (Å²) in [6.07, 6.45) is 4.35. The maximum atomic E-state index is 11.2. The van der Waals surface area contributed by atoms with E-state index in [2.05, 4.69) is 9.80 Å². The van der Waals surface area contributed by atoms with Crippen molar-refractivity contribution >= 4 is 17.7 Å². The Balaban J connectivity index is 1.77. The van der Waals surface area contributed by atoms with Crippen molar-refractivity contribution in [3.63, 3.8) is 0 Å². The minimum absolute atomic E-state index is 0.0314. The van der Waals surface area contributed by atoms with Crippen LogP contribution in [0.4, 0.5) is 11.4 Å². The number of nitro benzene ring substituents is 1. The van der Waals surface area contributed by atoms with Crippen LogP contribution in [-0.4, -0.2) is 48.3 Å². The van der Waals surface area contributed by atoms with Crippen molar-refractivity contribution in [2.75, 3.05) is 31.1 Å². The molecule has 0 aromatic heterocycles. The summed E-state index contributed by atoms with van der Waals surface area (Å²) in [5.74, 6) is 0. The molecular formula is C15H19N3O3. The summed E-state index contributed by atoms with van der Waals surface area (Å²) in [4.78, 5) is 26.3. The lowest BCUT2D eigenvalue weighted by atomic mass is 10.1. The first-order chi connectivity index (χ1) is 10.2. The van der Waals surface area contributed by atoms with Crippen molar-refractivity contribution in [1.82, 2.24) is 4.90 Å². The number of nitrogens with zero attached hydrogens (tertiary/aromatic N) is 3. The van der Waals surface area contributed by atoms with Gasteiger partial charge in [0.15, 0.2) is 6.29 Å². The zero-order valence-corrected chi connectivity index (χ0v) is 11.9. The van der Waals surface area contributed by atoms with Crippen molar-refractivity contribution in [2.45, 2.75) is 25.3 Å². The number of rotatable bonds is 4. The van der Waals surface area contributed by atoms with Gasteiger partial charge in [0.2, 0.25) is 0 Å². The average Bonchev–Trinajstić information content (AvgIpc) is 3.17. The van der Waals surface area contributed by atoms with Crippen molar-refractivity contribution in [3.05, 3.63) is 33.9 Å². The Bertz CT molecular complexity index is 555. The molecule has 2 fully saturated rings. The summed E-state index contributed by atoms with van der Waals surface area (Å²) in [6.45, 7) is 4.14. The third-order valence-corrected chi connectivity index (χ3v) is 4.51. The van der Waals surface area contributed by atoms with Gasteiger partial charge in [0.05, 0.1) is 4.92 Å². The van der Waals surface area contributed by atoms with E-state index in [1.165, 1.54) is 38.1 Å². The Morgan fingerprint density at radius 2 is 2.00 bits per heavy atom. The van der Waals surface area contributed by atoms with E-state index in [0.717, 1.165) is 25.2 Å². The standard InChI is InChI=1S/C15H19N3O3/c19-11-12-9-13(18(20)21)3-4-15(12)17-8-5-14(10-17)16-6-1-2-7-16/h3-4,9,11,14H,1-2,5-8,10H2. The highest BCUT2D eigenvalue weighted by molar-refractivity contribution is 5.86. The maximum Gasteiger partial charge on any atom is 0.270 e. The molecule has 1 aromatic rings.